The minimum Gasteiger partial charge on any atom is -0.506 e. The molecule has 1 fully saturated rings. The summed E-state index contributed by atoms with van der Waals surface area (Å²) in [5, 5.41) is 20.7. The minimum absolute atomic E-state index is 0.366. The van der Waals surface area contributed by atoms with Crippen LogP contribution in [-0.2, 0) is 24.8 Å². The summed E-state index contributed by atoms with van der Waals surface area (Å²) >= 11 is 0. The fourth-order valence-electron chi connectivity index (χ4n) is 4.58. The van der Waals surface area contributed by atoms with Gasteiger partial charge in [0.15, 0.2) is 5.56 Å². The second-order valence-electron chi connectivity index (χ2n) is 8.61. The number of carboxylic acids is 1. The molecule has 1 aliphatic heterocycles. The molecule has 9 heteroatoms. The lowest BCUT2D eigenvalue weighted by atomic mass is 9.99. The van der Waals surface area contributed by atoms with Crippen molar-refractivity contribution in [3.63, 3.8) is 0 Å². The van der Waals surface area contributed by atoms with Crippen molar-refractivity contribution in [3.05, 3.63) is 51.4 Å². The van der Waals surface area contributed by atoms with Gasteiger partial charge < -0.3 is 24.6 Å². The highest BCUT2D eigenvalue weighted by Gasteiger charge is 2.30. The zero-order chi connectivity index (χ0) is 23.9. The summed E-state index contributed by atoms with van der Waals surface area (Å²) < 4.78 is 2.13. The number of likely N-dealkylation sites (tertiary alicyclic amines) is 1. The summed E-state index contributed by atoms with van der Waals surface area (Å²) in [6.07, 6.45) is 1.29. The molecule has 0 unspecified atom stereocenters. The molecular formula is C24H28N4O5. The van der Waals surface area contributed by atoms with E-state index in [1.807, 2.05) is 32.3 Å². The van der Waals surface area contributed by atoms with Crippen molar-refractivity contribution < 1.29 is 19.8 Å². The number of aromatic nitrogens is 2. The molecule has 1 aliphatic rings. The third-order valence-electron chi connectivity index (χ3n) is 6.60. The van der Waals surface area contributed by atoms with Crippen LogP contribution in [0.4, 0.5) is 0 Å². The number of nitrogens with zero attached hydrogens (tertiary/aromatic N) is 3. The Labute approximate surface area is 190 Å². The van der Waals surface area contributed by atoms with E-state index in [-0.39, 0.29) is 0 Å². The third-order valence-corrected chi connectivity index (χ3v) is 6.60. The molecule has 0 atom stereocenters. The number of aryl methyl sites for hydroxylation is 1. The lowest BCUT2D eigenvalue weighted by Gasteiger charge is -2.43. The van der Waals surface area contributed by atoms with Gasteiger partial charge in [-0.2, -0.15) is 0 Å². The molecule has 0 radical (unpaired) electrons. The summed E-state index contributed by atoms with van der Waals surface area (Å²) in [6.45, 7) is 4.85. The molecule has 9 nitrogen and oxygen atoms in total. The van der Waals surface area contributed by atoms with E-state index < -0.39 is 22.8 Å². The number of pyridine rings is 1. The van der Waals surface area contributed by atoms with Crippen molar-refractivity contribution in [2.24, 2.45) is 7.05 Å². The standard InChI is InChI=1S/C24H28N4O5/c1-4-18-21(25-23(31)20(22(18)30)24(32)33)14-5-6-19-15(9-14)10-16(27(19)3)11-28-12-17(13-28)26(2)7-8-29/h5-6,8-10,17H,4,7,11-13H2,1-3H3,(H,32,33)(H2,25,30,31). The van der Waals surface area contributed by atoms with E-state index in [0.29, 0.717) is 35.8 Å². The maximum absolute atomic E-state index is 12.3. The van der Waals surface area contributed by atoms with Crippen LogP contribution in [0.15, 0.2) is 29.1 Å². The molecule has 33 heavy (non-hydrogen) atoms. The number of carboxylic acid groups (broad SMARTS) is 1. The van der Waals surface area contributed by atoms with Crippen molar-refractivity contribution >= 4 is 23.2 Å². The third kappa shape index (κ3) is 4.05. The van der Waals surface area contributed by atoms with Gasteiger partial charge in [0.25, 0.3) is 5.56 Å². The molecule has 0 amide bonds. The van der Waals surface area contributed by atoms with Crippen molar-refractivity contribution in [3.8, 4) is 17.0 Å². The van der Waals surface area contributed by atoms with E-state index in [4.69, 9.17) is 0 Å². The van der Waals surface area contributed by atoms with Gasteiger partial charge in [0, 0.05) is 54.9 Å². The number of aldehydes is 1. The lowest BCUT2D eigenvalue weighted by Crippen LogP contribution is -2.58. The maximum atomic E-state index is 12.3. The van der Waals surface area contributed by atoms with E-state index in [1.165, 1.54) is 0 Å². The maximum Gasteiger partial charge on any atom is 0.345 e. The number of hydrogen-bond donors (Lipinski definition) is 3. The predicted molar refractivity (Wildman–Crippen MR) is 125 cm³/mol. The van der Waals surface area contributed by atoms with Crippen molar-refractivity contribution in [1.29, 1.82) is 0 Å². The quantitative estimate of drug-likeness (QED) is 0.446. The largest absolute Gasteiger partial charge is 0.506 e. The second kappa shape index (κ2) is 8.84. The highest BCUT2D eigenvalue weighted by molar-refractivity contribution is 5.92. The van der Waals surface area contributed by atoms with Crippen LogP contribution in [0.5, 0.6) is 5.75 Å². The molecule has 0 bridgehead atoms. The Bertz CT molecular complexity index is 1290. The number of carbonyl (C=O) groups excluding carboxylic acids is 1. The molecule has 4 rings (SSSR count). The summed E-state index contributed by atoms with van der Waals surface area (Å²) in [6, 6.07) is 8.27. The Morgan fingerprint density at radius 3 is 2.67 bits per heavy atom. The van der Waals surface area contributed by atoms with Crippen LogP contribution in [0, 0.1) is 0 Å². The minimum atomic E-state index is -1.45. The predicted octanol–water partition coefficient (Wildman–Crippen LogP) is 1.81. The molecule has 1 saturated heterocycles. The van der Waals surface area contributed by atoms with Crippen LogP contribution in [0.3, 0.4) is 0 Å². The van der Waals surface area contributed by atoms with Crippen LogP contribution in [0.2, 0.25) is 0 Å². The second-order valence-corrected chi connectivity index (χ2v) is 8.61. The molecule has 1 aromatic carbocycles. The van der Waals surface area contributed by atoms with Crippen molar-refractivity contribution in [1.82, 2.24) is 19.4 Å². The van der Waals surface area contributed by atoms with Crippen LogP contribution < -0.4 is 5.56 Å². The highest BCUT2D eigenvalue weighted by atomic mass is 16.4. The number of aromatic amines is 1. The molecular weight excluding hydrogens is 424 g/mol. The van der Waals surface area contributed by atoms with Crippen LogP contribution in [0.25, 0.3) is 22.2 Å². The molecule has 174 valence electrons. The van der Waals surface area contributed by atoms with Crippen LogP contribution in [0.1, 0.15) is 28.5 Å². The number of H-pyrrole nitrogens is 1. The Kier molecular flexibility index (Phi) is 6.09. The number of carbonyl (C=O) groups is 2. The first-order valence-corrected chi connectivity index (χ1v) is 10.9. The zero-order valence-corrected chi connectivity index (χ0v) is 19.0. The van der Waals surface area contributed by atoms with E-state index in [2.05, 4.69) is 25.4 Å². The average Bonchev–Trinajstić information content (AvgIpc) is 3.04. The van der Waals surface area contributed by atoms with Gasteiger partial charge >= 0.3 is 5.97 Å². The molecule has 0 saturated carbocycles. The topological polar surface area (TPSA) is 119 Å². The zero-order valence-electron chi connectivity index (χ0n) is 19.0. The number of aromatic hydroxyl groups is 1. The number of hydrogen-bond acceptors (Lipinski definition) is 6. The number of rotatable bonds is 8. The number of fused-ring (bicyclic) bond motifs is 1. The number of benzene rings is 1. The smallest absolute Gasteiger partial charge is 0.345 e. The molecule has 2 aromatic heterocycles. The van der Waals surface area contributed by atoms with Crippen LogP contribution >= 0.6 is 0 Å². The Morgan fingerprint density at radius 1 is 1.30 bits per heavy atom. The van der Waals surface area contributed by atoms with E-state index in [0.717, 1.165) is 42.5 Å². The van der Waals surface area contributed by atoms with Gasteiger partial charge in [0.1, 0.15) is 12.0 Å². The van der Waals surface area contributed by atoms with E-state index in [9.17, 15) is 24.6 Å². The first kappa shape index (κ1) is 22.8. The fourth-order valence-corrected chi connectivity index (χ4v) is 4.58. The molecule has 3 heterocycles. The van der Waals surface area contributed by atoms with Gasteiger partial charge in [-0.3, -0.25) is 14.6 Å². The summed E-state index contributed by atoms with van der Waals surface area (Å²) in [4.78, 5) is 41.5. The summed E-state index contributed by atoms with van der Waals surface area (Å²) in [5.74, 6) is -1.94. The first-order chi connectivity index (χ1) is 15.7. The summed E-state index contributed by atoms with van der Waals surface area (Å²) in [5.41, 5.74) is 2.26. The van der Waals surface area contributed by atoms with Gasteiger partial charge in [-0.15, -0.1) is 0 Å². The molecule has 3 N–H and O–H groups in total. The Balaban J connectivity index is 1.63. The van der Waals surface area contributed by atoms with Gasteiger partial charge in [0.2, 0.25) is 0 Å². The normalized spacial score (nSPS) is 14.7. The van der Waals surface area contributed by atoms with Crippen molar-refractivity contribution in [2.75, 3.05) is 26.7 Å². The van der Waals surface area contributed by atoms with Crippen molar-refractivity contribution in [2.45, 2.75) is 25.9 Å². The number of aromatic carboxylic acids is 1. The van der Waals surface area contributed by atoms with Gasteiger partial charge in [-0.25, -0.2) is 4.79 Å². The highest BCUT2D eigenvalue weighted by Crippen LogP contribution is 2.32. The fraction of sp³-hybridized carbons (Fsp3) is 0.375. The Morgan fingerprint density at radius 2 is 2.03 bits per heavy atom. The number of likely N-dealkylation sites (N-methyl/N-ethyl adjacent to an activating group) is 1. The SMILES string of the molecule is CCc1c(-c2ccc3c(c2)cc(CN2CC(N(C)CC=O)C2)n3C)[nH]c(=O)c(C(=O)O)c1O. The average molecular weight is 453 g/mol. The van der Waals surface area contributed by atoms with E-state index >= 15 is 0 Å². The first-order valence-electron chi connectivity index (χ1n) is 10.9. The van der Waals surface area contributed by atoms with Crippen LogP contribution in [-0.4, -0.2) is 74.5 Å². The molecule has 0 spiro atoms. The summed E-state index contributed by atoms with van der Waals surface area (Å²) in [7, 11) is 3.98. The molecule has 0 aliphatic carbocycles. The number of nitrogens with one attached hydrogen (secondary N) is 1. The molecule has 3 aromatic rings. The Hall–Kier alpha value is -3.43. The monoisotopic (exact) mass is 452 g/mol. The van der Waals surface area contributed by atoms with E-state index in [1.54, 1.807) is 6.92 Å². The van der Waals surface area contributed by atoms with Gasteiger partial charge in [-0.1, -0.05) is 13.0 Å². The van der Waals surface area contributed by atoms with Gasteiger partial charge in [-0.05, 0) is 37.2 Å². The lowest BCUT2D eigenvalue weighted by molar-refractivity contribution is -0.109. The van der Waals surface area contributed by atoms with Gasteiger partial charge in [0.05, 0.1) is 12.2 Å².